The van der Waals surface area contributed by atoms with Gasteiger partial charge in [-0.25, -0.2) is 4.79 Å². The molecule has 0 saturated heterocycles. The van der Waals surface area contributed by atoms with Crippen molar-refractivity contribution in [3.63, 3.8) is 0 Å². The predicted octanol–water partition coefficient (Wildman–Crippen LogP) is 5.51. The van der Waals surface area contributed by atoms with Crippen molar-refractivity contribution in [1.82, 2.24) is 4.90 Å². The van der Waals surface area contributed by atoms with E-state index >= 15 is 0 Å². The van der Waals surface area contributed by atoms with E-state index in [9.17, 15) is 19.2 Å². The van der Waals surface area contributed by atoms with Crippen LogP contribution < -0.4 is 14.8 Å². The van der Waals surface area contributed by atoms with Crippen LogP contribution in [0.1, 0.15) is 41.0 Å². The first kappa shape index (κ1) is 28.8. The minimum Gasteiger partial charge on any atom is -0.497 e. The molecule has 0 spiro atoms. The van der Waals surface area contributed by atoms with Gasteiger partial charge in [0.25, 0.3) is 17.7 Å². The summed E-state index contributed by atoms with van der Waals surface area (Å²) in [6.45, 7) is 2.88. The van der Waals surface area contributed by atoms with E-state index in [0.29, 0.717) is 22.1 Å². The standard InChI is InChI=1S/C24H22Cl4N2O7/c1-10(2)7-13(30-22(32)16-17(23(30)33)19(26)21(28)20(27)18(16)25)24(34)37-9-15(31)29-12-6-5-11(35-3)8-14(12)36-4/h5-6,8,10,13H,7,9H2,1-4H3,(H,29,31)/t13-/m0/s1. The molecule has 0 radical (unpaired) electrons. The summed E-state index contributed by atoms with van der Waals surface area (Å²) in [6, 6.07) is 3.37. The third kappa shape index (κ3) is 5.75. The van der Waals surface area contributed by atoms with Crippen LogP contribution in [0.15, 0.2) is 18.2 Å². The summed E-state index contributed by atoms with van der Waals surface area (Å²) in [5.74, 6) is -2.69. The Morgan fingerprint density at radius 1 is 0.919 bits per heavy atom. The van der Waals surface area contributed by atoms with E-state index in [1.54, 1.807) is 32.0 Å². The third-order valence-electron chi connectivity index (χ3n) is 5.44. The molecule has 0 unspecified atom stereocenters. The lowest BCUT2D eigenvalue weighted by Gasteiger charge is -2.26. The van der Waals surface area contributed by atoms with Gasteiger partial charge in [-0.3, -0.25) is 19.3 Å². The first-order chi connectivity index (χ1) is 17.4. The molecule has 13 heteroatoms. The van der Waals surface area contributed by atoms with E-state index < -0.39 is 36.3 Å². The fourth-order valence-corrected chi connectivity index (χ4v) is 4.74. The highest BCUT2D eigenvalue weighted by atomic mass is 35.5. The summed E-state index contributed by atoms with van der Waals surface area (Å²) < 4.78 is 15.5. The number of methoxy groups -OCH3 is 2. The Bertz CT molecular complexity index is 1240. The highest BCUT2D eigenvalue weighted by Gasteiger charge is 2.47. The number of fused-ring (bicyclic) bond motifs is 1. The van der Waals surface area contributed by atoms with Gasteiger partial charge in [-0.1, -0.05) is 60.3 Å². The second-order valence-corrected chi connectivity index (χ2v) is 9.87. The summed E-state index contributed by atoms with van der Waals surface area (Å²) in [5, 5.41) is 1.68. The van der Waals surface area contributed by atoms with Crippen molar-refractivity contribution in [3.05, 3.63) is 49.4 Å². The molecule has 2 aromatic rings. The SMILES string of the molecule is COc1ccc(NC(=O)COC(=O)[C@H](CC(C)C)N2C(=O)c3c(Cl)c(Cl)c(Cl)c(Cl)c3C2=O)c(OC)c1. The lowest BCUT2D eigenvalue weighted by Crippen LogP contribution is -2.47. The highest BCUT2D eigenvalue weighted by molar-refractivity contribution is 6.55. The largest absolute Gasteiger partial charge is 0.497 e. The summed E-state index contributed by atoms with van der Waals surface area (Å²) in [5.41, 5.74) is -0.185. The normalized spacial score (nSPS) is 13.5. The van der Waals surface area contributed by atoms with Crippen molar-refractivity contribution >= 4 is 75.8 Å². The van der Waals surface area contributed by atoms with Crippen LogP contribution >= 0.6 is 46.4 Å². The van der Waals surface area contributed by atoms with Gasteiger partial charge in [0, 0.05) is 6.07 Å². The number of halogens is 4. The number of rotatable bonds is 9. The van der Waals surface area contributed by atoms with Crippen molar-refractivity contribution in [2.75, 3.05) is 26.1 Å². The maximum atomic E-state index is 13.2. The molecule has 37 heavy (non-hydrogen) atoms. The molecular formula is C24H22Cl4N2O7. The van der Waals surface area contributed by atoms with E-state index in [4.69, 9.17) is 60.6 Å². The quantitative estimate of drug-likeness (QED) is 0.177. The van der Waals surface area contributed by atoms with Crippen LogP contribution in [-0.4, -0.2) is 55.5 Å². The van der Waals surface area contributed by atoms with Crippen LogP contribution in [0.25, 0.3) is 0 Å². The second kappa shape index (κ2) is 11.8. The summed E-state index contributed by atoms with van der Waals surface area (Å²) >= 11 is 24.5. The smallest absolute Gasteiger partial charge is 0.329 e. The Morgan fingerprint density at radius 2 is 1.49 bits per heavy atom. The van der Waals surface area contributed by atoms with Gasteiger partial charge in [0.1, 0.15) is 17.5 Å². The first-order valence-electron chi connectivity index (χ1n) is 10.8. The van der Waals surface area contributed by atoms with Crippen LogP contribution in [0.5, 0.6) is 11.5 Å². The van der Waals surface area contributed by atoms with Gasteiger partial charge >= 0.3 is 5.97 Å². The van der Waals surface area contributed by atoms with E-state index in [-0.39, 0.29) is 43.6 Å². The number of amides is 3. The van der Waals surface area contributed by atoms with E-state index in [1.165, 1.54) is 14.2 Å². The molecule has 2 aromatic carbocycles. The maximum absolute atomic E-state index is 13.2. The van der Waals surface area contributed by atoms with Crippen LogP contribution in [0.4, 0.5) is 5.69 Å². The number of anilines is 1. The number of nitrogens with zero attached hydrogens (tertiary/aromatic N) is 1. The van der Waals surface area contributed by atoms with Crippen LogP contribution in [0, 0.1) is 5.92 Å². The summed E-state index contributed by atoms with van der Waals surface area (Å²) in [4.78, 5) is 52.7. The van der Waals surface area contributed by atoms with Crippen LogP contribution in [0.2, 0.25) is 20.1 Å². The molecule has 1 N–H and O–H groups in total. The number of hydrogen-bond acceptors (Lipinski definition) is 7. The molecule has 0 saturated carbocycles. The molecule has 1 aliphatic rings. The Labute approximate surface area is 232 Å². The fraction of sp³-hybridized carbons (Fsp3) is 0.333. The second-order valence-electron chi connectivity index (χ2n) is 8.35. The Kier molecular flexibility index (Phi) is 9.18. The number of hydrogen-bond donors (Lipinski definition) is 1. The van der Waals surface area contributed by atoms with Crippen molar-refractivity contribution in [1.29, 1.82) is 0 Å². The van der Waals surface area contributed by atoms with Gasteiger partial charge in [-0.2, -0.15) is 0 Å². The molecule has 3 rings (SSSR count). The lowest BCUT2D eigenvalue weighted by molar-refractivity contribution is -0.151. The number of carbonyl (C=O) groups excluding carboxylic acids is 4. The third-order valence-corrected chi connectivity index (χ3v) is 7.24. The highest BCUT2D eigenvalue weighted by Crippen LogP contribution is 2.45. The van der Waals surface area contributed by atoms with E-state index in [2.05, 4.69) is 5.32 Å². The minimum atomic E-state index is -1.36. The molecule has 1 aliphatic heterocycles. The molecule has 3 amide bonds. The van der Waals surface area contributed by atoms with Gasteiger partial charge in [-0.05, 0) is 24.5 Å². The van der Waals surface area contributed by atoms with Gasteiger partial charge in [-0.15, -0.1) is 0 Å². The van der Waals surface area contributed by atoms with Gasteiger partial charge < -0.3 is 19.5 Å². The van der Waals surface area contributed by atoms with Crippen LogP contribution in [0.3, 0.4) is 0 Å². The number of esters is 1. The zero-order chi connectivity index (χ0) is 27.6. The van der Waals surface area contributed by atoms with E-state index in [0.717, 1.165) is 0 Å². The maximum Gasteiger partial charge on any atom is 0.329 e. The zero-order valence-electron chi connectivity index (χ0n) is 20.1. The monoisotopic (exact) mass is 590 g/mol. The zero-order valence-corrected chi connectivity index (χ0v) is 23.1. The molecule has 1 heterocycles. The van der Waals surface area contributed by atoms with Crippen molar-refractivity contribution in [2.45, 2.75) is 26.3 Å². The van der Waals surface area contributed by atoms with Crippen LogP contribution in [-0.2, 0) is 14.3 Å². The van der Waals surface area contributed by atoms with Crippen molar-refractivity contribution < 1.29 is 33.4 Å². The molecule has 1 atom stereocenters. The Hall–Kier alpha value is -2.72. The lowest BCUT2D eigenvalue weighted by atomic mass is 10.0. The Morgan fingerprint density at radius 3 is 1.97 bits per heavy atom. The number of ether oxygens (including phenoxy) is 3. The fourth-order valence-electron chi connectivity index (χ4n) is 3.72. The molecule has 0 aliphatic carbocycles. The number of imide groups is 1. The number of carbonyl (C=O) groups is 4. The minimum absolute atomic E-state index is 0.0505. The topological polar surface area (TPSA) is 111 Å². The first-order valence-corrected chi connectivity index (χ1v) is 12.4. The summed E-state index contributed by atoms with van der Waals surface area (Å²) in [7, 11) is 2.90. The average molecular weight is 592 g/mol. The summed E-state index contributed by atoms with van der Waals surface area (Å²) in [6.07, 6.45) is 0.0505. The van der Waals surface area contributed by atoms with E-state index in [1.807, 2.05) is 0 Å². The molecule has 0 fully saturated rings. The molecule has 0 bridgehead atoms. The van der Waals surface area contributed by atoms with Gasteiger partial charge in [0.05, 0.1) is 51.1 Å². The van der Waals surface area contributed by atoms with Gasteiger partial charge in [0.2, 0.25) is 0 Å². The molecule has 9 nitrogen and oxygen atoms in total. The van der Waals surface area contributed by atoms with Crippen molar-refractivity contribution in [2.24, 2.45) is 5.92 Å². The predicted molar refractivity (Wildman–Crippen MR) is 139 cm³/mol. The number of nitrogens with one attached hydrogen (secondary N) is 1. The number of benzene rings is 2. The molecular weight excluding hydrogens is 570 g/mol. The van der Waals surface area contributed by atoms with Crippen molar-refractivity contribution in [3.8, 4) is 11.5 Å². The molecule has 198 valence electrons. The van der Waals surface area contributed by atoms with Gasteiger partial charge in [0.15, 0.2) is 6.61 Å². The average Bonchev–Trinajstić information content (AvgIpc) is 3.13. The molecule has 0 aromatic heterocycles. The Balaban J connectivity index is 1.81.